The first-order chi connectivity index (χ1) is 12.5. The number of nitrogens with one attached hydrogen (secondary N) is 1. The zero-order chi connectivity index (χ0) is 18.8. The summed E-state index contributed by atoms with van der Waals surface area (Å²) < 4.78 is 23.6. The summed E-state index contributed by atoms with van der Waals surface area (Å²) in [6.07, 6.45) is 1.52. The molecule has 0 heterocycles. The van der Waals surface area contributed by atoms with E-state index in [1.165, 1.54) is 19.1 Å². The van der Waals surface area contributed by atoms with Gasteiger partial charge in [-0.15, -0.1) is 0 Å². The fraction of sp³-hybridized carbons (Fsp3) is 0.300. The Morgan fingerprint density at radius 3 is 2.50 bits per heavy atom. The van der Waals surface area contributed by atoms with E-state index in [1.54, 1.807) is 36.4 Å². The van der Waals surface area contributed by atoms with E-state index in [0.29, 0.717) is 30.2 Å². The van der Waals surface area contributed by atoms with Crippen molar-refractivity contribution < 1.29 is 23.5 Å². The number of halogens is 1. The zero-order valence-electron chi connectivity index (χ0n) is 14.7. The lowest BCUT2D eigenvalue weighted by molar-refractivity contribution is -0.123. The lowest BCUT2D eigenvalue weighted by atomic mass is 10.1. The van der Waals surface area contributed by atoms with Crippen LogP contribution in [0.2, 0.25) is 0 Å². The maximum atomic E-state index is 12.8. The van der Waals surface area contributed by atoms with Crippen molar-refractivity contribution in [2.75, 3.05) is 19.8 Å². The number of ether oxygens (including phenoxy) is 2. The average molecular weight is 359 g/mol. The molecule has 0 aliphatic rings. The van der Waals surface area contributed by atoms with Crippen molar-refractivity contribution in [2.45, 2.75) is 19.8 Å². The summed E-state index contributed by atoms with van der Waals surface area (Å²) in [5, 5.41) is 2.76. The Kier molecular flexibility index (Phi) is 7.61. The van der Waals surface area contributed by atoms with Crippen molar-refractivity contribution in [3.8, 4) is 11.5 Å². The van der Waals surface area contributed by atoms with Gasteiger partial charge in [0.05, 0.1) is 6.61 Å². The number of rotatable bonds is 10. The molecule has 138 valence electrons. The second-order valence-electron chi connectivity index (χ2n) is 5.73. The Morgan fingerprint density at radius 2 is 1.77 bits per heavy atom. The third-order valence-corrected chi connectivity index (χ3v) is 3.59. The predicted octanol–water partition coefficient (Wildman–Crippen LogP) is 3.38. The standard InChI is InChI=1S/C20H22FNO4/c1-15(23)16-5-4-6-19(13-16)26-14-20(24)22-11-2-3-12-25-18-9-7-17(21)8-10-18/h4-10,13H,2-3,11-12,14H2,1H3,(H,22,24). The Labute approximate surface area is 152 Å². The number of amides is 1. The molecule has 0 saturated carbocycles. The summed E-state index contributed by atoms with van der Waals surface area (Å²) in [6.45, 7) is 2.39. The number of ketones is 1. The number of carbonyl (C=O) groups excluding carboxylic acids is 2. The van der Waals surface area contributed by atoms with Crippen molar-refractivity contribution in [3.05, 3.63) is 59.9 Å². The fourth-order valence-electron chi connectivity index (χ4n) is 2.18. The van der Waals surface area contributed by atoms with Gasteiger partial charge < -0.3 is 14.8 Å². The molecule has 0 saturated heterocycles. The smallest absolute Gasteiger partial charge is 0.257 e. The Balaban J connectivity index is 1.57. The van der Waals surface area contributed by atoms with Gasteiger partial charge >= 0.3 is 0 Å². The number of benzene rings is 2. The van der Waals surface area contributed by atoms with Gasteiger partial charge in [0.2, 0.25) is 0 Å². The molecule has 5 nitrogen and oxygen atoms in total. The highest BCUT2D eigenvalue weighted by Gasteiger charge is 2.05. The Hall–Kier alpha value is -2.89. The molecule has 0 unspecified atom stereocenters. The molecule has 0 atom stereocenters. The van der Waals surface area contributed by atoms with Crippen LogP contribution in [0.4, 0.5) is 4.39 Å². The van der Waals surface area contributed by atoms with E-state index >= 15 is 0 Å². The van der Waals surface area contributed by atoms with Crippen molar-refractivity contribution >= 4 is 11.7 Å². The second kappa shape index (κ2) is 10.2. The maximum Gasteiger partial charge on any atom is 0.257 e. The quantitative estimate of drug-likeness (QED) is 0.522. The second-order valence-corrected chi connectivity index (χ2v) is 5.73. The molecular weight excluding hydrogens is 337 g/mol. The Morgan fingerprint density at radius 1 is 1.00 bits per heavy atom. The molecule has 2 aromatic carbocycles. The third-order valence-electron chi connectivity index (χ3n) is 3.59. The molecule has 6 heteroatoms. The van der Waals surface area contributed by atoms with E-state index in [9.17, 15) is 14.0 Å². The van der Waals surface area contributed by atoms with Crippen LogP contribution in [0.5, 0.6) is 11.5 Å². The first kappa shape index (κ1) is 19.4. The molecule has 0 spiro atoms. The van der Waals surface area contributed by atoms with E-state index < -0.39 is 0 Å². The molecule has 0 aromatic heterocycles. The molecule has 0 fully saturated rings. The van der Waals surface area contributed by atoms with Gasteiger partial charge in [0.25, 0.3) is 5.91 Å². The van der Waals surface area contributed by atoms with Crippen LogP contribution in [0.25, 0.3) is 0 Å². The van der Waals surface area contributed by atoms with Gasteiger partial charge in [0, 0.05) is 12.1 Å². The zero-order valence-corrected chi connectivity index (χ0v) is 14.7. The SMILES string of the molecule is CC(=O)c1cccc(OCC(=O)NCCCCOc2ccc(F)cc2)c1. The summed E-state index contributed by atoms with van der Waals surface area (Å²) >= 11 is 0. The summed E-state index contributed by atoms with van der Waals surface area (Å²) in [4.78, 5) is 23.1. The largest absolute Gasteiger partial charge is 0.494 e. The molecule has 26 heavy (non-hydrogen) atoms. The van der Waals surface area contributed by atoms with Gasteiger partial charge in [-0.05, 0) is 56.2 Å². The monoisotopic (exact) mass is 359 g/mol. The lowest BCUT2D eigenvalue weighted by Gasteiger charge is -2.09. The number of hydrogen-bond donors (Lipinski definition) is 1. The molecule has 0 bridgehead atoms. The molecule has 2 rings (SSSR count). The van der Waals surface area contributed by atoms with Crippen LogP contribution in [0.15, 0.2) is 48.5 Å². The third kappa shape index (κ3) is 6.93. The van der Waals surface area contributed by atoms with Crippen LogP contribution in [0.3, 0.4) is 0 Å². The van der Waals surface area contributed by atoms with Crippen LogP contribution in [0.1, 0.15) is 30.1 Å². The summed E-state index contributed by atoms with van der Waals surface area (Å²) in [5.74, 6) is 0.535. The first-order valence-corrected chi connectivity index (χ1v) is 8.43. The average Bonchev–Trinajstić information content (AvgIpc) is 2.64. The molecule has 0 aliphatic carbocycles. The number of Topliss-reactive ketones (excluding diaryl/α,β-unsaturated/α-hetero) is 1. The van der Waals surface area contributed by atoms with E-state index in [2.05, 4.69) is 5.32 Å². The predicted molar refractivity (Wildman–Crippen MR) is 96.1 cm³/mol. The summed E-state index contributed by atoms with van der Waals surface area (Å²) in [6, 6.07) is 12.6. The van der Waals surface area contributed by atoms with Crippen LogP contribution in [0, 0.1) is 5.82 Å². The van der Waals surface area contributed by atoms with Crippen molar-refractivity contribution in [1.82, 2.24) is 5.32 Å². The minimum Gasteiger partial charge on any atom is -0.494 e. The molecule has 0 radical (unpaired) electrons. The number of carbonyl (C=O) groups is 2. The van der Waals surface area contributed by atoms with Crippen molar-refractivity contribution in [1.29, 1.82) is 0 Å². The van der Waals surface area contributed by atoms with Crippen LogP contribution < -0.4 is 14.8 Å². The Bertz CT molecular complexity index is 731. The van der Waals surface area contributed by atoms with Crippen LogP contribution in [-0.4, -0.2) is 31.4 Å². The van der Waals surface area contributed by atoms with Gasteiger partial charge in [-0.1, -0.05) is 12.1 Å². The van der Waals surface area contributed by atoms with Gasteiger partial charge in [-0.3, -0.25) is 9.59 Å². The van der Waals surface area contributed by atoms with Gasteiger partial charge in [-0.25, -0.2) is 4.39 Å². The summed E-state index contributed by atoms with van der Waals surface area (Å²) in [5.41, 5.74) is 0.545. The molecule has 1 amide bonds. The van der Waals surface area contributed by atoms with E-state index in [-0.39, 0.29) is 24.1 Å². The van der Waals surface area contributed by atoms with Gasteiger partial charge in [-0.2, -0.15) is 0 Å². The fourth-order valence-corrected chi connectivity index (χ4v) is 2.18. The molecule has 1 N–H and O–H groups in total. The van der Waals surface area contributed by atoms with Crippen molar-refractivity contribution in [2.24, 2.45) is 0 Å². The highest BCUT2D eigenvalue weighted by atomic mass is 19.1. The highest BCUT2D eigenvalue weighted by molar-refractivity contribution is 5.94. The van der Waals surface area contributed by atoms with E-state index in [1.807, 2.05) is 0 Å². The van der Waals surface area contributed by atoms with Crippen LogP contribution >= 0.6 is 0 Å². The minimum atomic E-state index is -0.296. The molecule has 0 aliphatic heterocycles. The molecular formula is C20H22FNO4. The van der Waals surface area contributed by atoms with Gasteiger partial charge in [0.15, 0.2) is 12.4 Å². The van der Waals surface area contributed by atoms with E-state index in [4.69, 9.17) is 9.47 Å². The maximum absolute atomic E-state index is 12.8. The van der Waals surface area contributed by atoms with Crippen LogP contribution in [-0.2, 0) is 4.79 Å². The van der Waals surface area contributed by atoms with Gasteiger partial charge in [0.1, 0.15) is 17.3 Å². The minimum absolute atomic E-state index is 0.0530. The lowest BCUT2D eigenvalue weighted by Crippen LogP contribution is -2.29. The summed E-state index contributed by atoms with van der Waals surface area (Å²) in [7, 11) is 0. The van der Waals surface area contributed by atoms with E-state index in [0.717, 1.165) is 12.8 Å². The van der Waals surface area contributed by atoms with Crippen molar-refractivity contribution in [3.63, 3.8) is 0 Å². The highest BCUT2D eigenvalue weighted by Crippen LogP contribution is 2.13. The number of unbranched alkanes of at least 4 members (excludes halogenated alkanes) is 1. The number of hydrogen-bond acceptors (Lipinski definition) is 4. The first-order valence-electron chi connectivity index (χ1n) is 8.43. The topological polar surface area (TPSA) is 64.6 Å². The normalized spacial score (nSPS) is 10.2. The molecule has 2 aromatic rings.